The molecule has 1 N–H and O–H groups in total. The van der Waals surface area contributed by atoms with Crippen molar-refractivity contribution in [2.24, 2.45) is 5.92 Å². The van der Waals surface area contributed by atoms with E-state index in [9.17, 15) is 0 Å². The van der Waals surface area contributed by atoms with Crippen molar-refractivity contribution in [2.45, 2.75) is 34.2 Å². The molecule has 0 saturated heterocycles. The maximum absolute atomic E-state index is 6.27. The number of aromatic nitrogens is 2. The molecule has 0 saturated carbocycles. The molecule has 0 atom stereocenters. The van der Waals surface area contributed by atoms with E-state index in [-0.39, 0.29) is 0 Å². The van der Waals surface area contributed by atoms with Gasteiger partial charge in [-0.05, 0) is 50.1 Å². The van der Waals surface area contributed by atoms with Crippen LogP contribution in [-0.2, 0) is 6.54 Å². The maximum atomic E-state index is 6.27. The topological polar surface area (TPSA) is 29.9 Å². The third-order valence-electron chi connectivity index (χ3n) is 3.34. The van der Waals surface area contributed by atoms with Crippen LogP contribution >= 0.6 is 27.5 Å². The van der Waals surface area contributed by atoms with Crippen molar-refractivity contribution in [3.05, 3.63) is 44.6 Å². The normalized spacial score (nSPS) is 11.4. The fourth-order valence-corrected chi connectivity index (χ4v) is 2.78. The van der Waals surface area contributed by atoms with E-state index in [0.29, 0.717) is 5.92 Å². The quantitative estimate of drug-likeness (QED) is 0.830. The van der Waals surface area contributed by atoms with Gasteiger partial charge in [0.1, 0.15) is 0 Å². The predicted octanol–water partition coefficient (Wildman–Crippen LogP) is 4.65. The Morgan fingerprint density at radius 3 is 2.62 bits per heavy atom. The summed E-state index contributed by atoms with van der Waals surface area (Å²) in [4.78, 5) is 0. The third-order valence-corrected chi connectivity index (χ3v) is 4.38. The van der Waals surface area contributed by atoms with Crippen molar-refractivity contribution in [3.8, 4) is 5.69 Å². The van der Waals surface area contributed by atoms with Gasteiger partial charge in [-0.1, -0.05) is 41.4 Å². The molecular formula is C16H21BrClN3. The van der Waals surface area contributed by atoms with Gasteiger partial charge < -0.3 is 5.32 Å². The van der Waals surface area contributed by atoms with Crippen molar-refractivity contribution in [1.82, 2.24) is 15.1 Å². The summed E-state index contributed by atoms with van der Waals surface area (Å²) in [5, 5.41) is 8.77. The molecule has 0 unspecified atom stereocenters. The second-order valence-electron chi connectivity index (χ2n) is 5.69. The predicted molar refractivity (Wildman–Crippen MR) is 92.3 cm³/mol. The highest BCUT2D eigenvalue weighted by Gasteiger charge is 2.14. The van der Waals surface area contributed by atoms with Crippen LogP contribution in [0.1, 0.15) is 30.8 Å². The second kappa shape index (κ2) is 6.95. The van der Waals surface area contributed by atoms with Gasteiger partial charge in [-0.2, -0.15) is 5.10 Å². The summed E-state index contributed by atoms with van der Waals surface area (Å²) in [7, 11) is 0. The van der Waals surface area contributed by atoms with Crippen LogP contribution in [0.2, 0.25) is 5.02 Å². The van der Waals surface area contributed by atoms with Gasteiger partial charge in [0.25, 0.3) is 0 Å². The van der Waals surface area contributed by atoms with E-state index in [4.69, 9.17) is 11.6 Å². The Labute approximate surface area is 139 Å². The second-order valence-corrected chi connectivity index (χ2v) is 6.99. The number of nitrogens with zero attached hydrogens (tertiary/aromatic N) is 2. The Balaban J connectivity index is 2.36. The molecule has 0 radical (unpaired) electrons. The van der Waals surface area contributed by atoms with E-state index < -0.39 is 0 Å². The van der Waals surface area contributed by atoms with Gasteiger partial charge in [0.15, 0.2) is 0 Å². The van der Waals surface area contributed by atoms with Crippen LogP contribution in [0.3, 0.4) is 0 Å². The molecule has 2 rings (SSSR count). The summed E-state index contributed by atoms with van der Waals surface area (Å²) in [5.41, 5.74) is 4.11. The summed E-state index contributed by atoms with van der Waals surface area (Å²) in [6.07, 6.45) is 0. The third kappa shape index (κ3) is 3.87. The van der Waals surface area contributed by atoms with Crippen LogP contribution in [0.25, 0.3) is 5.69 Å². The molecule has 1 heterocycles. The molecule has 0 aliphatic rings. The van der Waals surface area contributed by atoms with Gasteiger partial charge in [0.2, 0.25) is 0 Å². The lowest BCUT2D eigenvalue weighted by molar-refractivity contribution is 0.551. The minimum Gasteiger partial charge on any atom is -0.312 e. The fourth-order valence-electron chi connectivity index (χ4n) is 2.26. The largest absolute Gasteiger partial charge is 0.312 e. The fraction of sp³-hybridized carbons (Fsp3) is 0.438. The molecule has 5 heteroatoms. The highest BCUT2D eigenvalue weighted by atomic mass is 79.9. The van der Waals surface area contributed by atoms with Gasteiger partial charge in [-0.3, -0.25) is 0 Å². The number of aryl methyl sites for hydroxylation is 1. The molecule has 1 aromatic carbocycles. The molecule has 2 aromatic rings. The summed E-state index contributed by atoms with van der Waals surface area (Å²) in [5.74, 6) is 0.628. The number of hydrogen-bond donors (Lipinski definition) is 1. The lowest BCUT2D eigenvalue weighted by Crippen LogP contribution is -2.20. The summed E-state index contributed by atoms with van der Waals surface area (Å²) in [6.45, 7) is 10.1. The van der Waals surface area contributed by atoms with E-state index in [1.54, 1.807) is 0 Å². The molecule has 3 nitrogen and oxygen atoms in total. The number of nitrogens with one attached hydrogen (secondary N) is 1. The Kier molecular flexibility index (Phi) is 5.47. The lowest BCUT2D eigenvalue weighted by atomic mass is 10.1. The summed E-state index contributed by atoms with van der Waals surface area (Å²) in [6, 6.07) is 6.24. The first kappa shape index (κ1) is 16.5. The van der Waals surface area contributed by atoms with Crippen LogP contribution in [0.5, 0.6) is 0 Å². The van der Waals surface area contributed by atoms with E-state index in [0.717, 1.165) is 39.7 Å². The molecule has 21 heavy (non-hydrogen) atoms. The SMILES string of the molecule is Cc1nn(-c2ccc(Br)cc2CNCC(C)C)c(C)c1Cl. The highest BCUT2D eigenvalue weighted by Crippen LogP contribution is 2.26. The first-order chi connectivity index (χ1) is 9.90. The highest BCUT2D eigenvalue weighted by molar-refractivity contribution is 9.10. The number of hydrogen-bond acceptors (Lipinski definition) is 2. The first-order valence-electron chi connectivity index (χ1n) is 7.11. The molecule has 1 aromatic heterocycles. The van der Waals surface area contributed by atoms with E-state index >= 15 is 0 Å². The zero-order valence-corrected chi connectivity index (χ0v) is 15.2. The molecule has 0 fully saturated rings. The van der Waals surface area contributed by atoms with E-state index in [1.807, 2.05) is 24.6 Å². The Morgan fingerprint density at radius 2 is 2.05 bits per heavy atom. The van der Waals surface area contributed by atoms with Gasteiger partial charge in [-0.15, -0.1) is 0 Å². The summed E-state index contributed by atoms with van der Waals surface area (Å²) < 4.78 is 3.00. The van der Waals surface area contributed by atoms with Gasteiger partial charge >= 0.3 is 0 Å². The standard InChI is InChI=1S/C16H21BrClN3/c1-10(2)8-19-9-13-7-14(17)5-6-15(13)21-12(4)16(18)11(3)20-21/h5-7,10,19H,8-9H2,1-4H3. The van der Waals surface area contributed by atoms with E-state index in [1.165, 1.54) is 5.56 Å². The maximum Gasteiger partial charge on any atom is 0.0848 e. The van der Waals surface area contributed by atoms with Crippen LogP contribution < -0.4 is 5.32 Å². The number of rotatable bonds is 5. The monoisotopic (exact) mass is 369 g/mol. The molecule has 0 amide bonds. The number of halogens is 2. The van der Waals surface area contributed by atoms with Crippen molar-refractivity contribution in [1.29, 1.82) is 0 Å². The molecule has 114 valence electrons. The number of benzene rings is 1. The van der Waals surface area contributed by atoms with Crippen molar-refractivity contribution >= 4 is 27.5 Å². The Morgan fingerprint density at radius 1 is 1.33 bits per heavy atom. The minimum atomic E-state index is 0.628. The van der Waals surface area contributed by atoms with Crippen LogP contribution in [-0.4, -0.2) is 16.3 Å². The zero-order valence-electron chi connectivity index (χ0n) is 12.9. The molecule has 0 aliphatic carbocycles. The molecular weight excluding hydrogens is 350 g/mol. The first-order valence-corrected chi connectivity index (χ1v) is 8.28. The Bertz CT molecular complexity index is 635. The van der Waals surface area contributed by atoms with Crippen LogP contribution in [0.15, 0.2) is 22.7 Å². The Hall–Kier alpha value is -0.840. The van der Waals surface area contributed by atoms with Crippen molar-refractivity contribution in [2.75, 3.05) is 6.54 Å². The van der Waals surface area contributed by atoms with Gasteiger partial charge in [-0.25, -0.2) is 4.68 Å². The molecule has 0 spiro atoms. The average molecular weight is 371 g/mol. The van der Waals surface area contributed by atoms with Crippen molar-refractivity contribution in [3.63, 3.8) is 0 Å². The lowest BCUT2D eigenvalue weighted by Gasteiger charge is -2.14. The smallest absolute Gasteiger partial charge is 0.0848 e. The molecule has 0 bridgehead atoms. The van der Waals surface area contributed by atoms with E-state index in [2.05, 4.69) is 52.3 Å². The van der Waals surface area contributed by atoms with Crippen LogP contribution in [0.4, 0.5) is 0 Å². The van der Waals surface area contributed by atoms with Gasteiger partial charge in [0.05, 0.1) is 22.1 Å². The average Bonchev–Trinajstić information content (AvgIpc) is 2.66. The summed E-state index contributed by atoms with van der Waals surface area (Å²) >= 11 is 9.81. The van der Waals surface area contributed by atoms with Gasteiger partial charge in [0, 0.05) is 11.0 Å². The molecule has 0 aliphatic heterocycles. The zero-order chi connectivity index (χ0) is 15.6. The minimum absolute atomic E-state index is 0.628. The van der Waals surface area contributed by atoms with Crippen molar-refractivity contribution < 1.29 is 0 Å². The van der Waals surface area contributed by atoms with Crippen LogP contribution in [0, 0.1) is 19.8 Å².